The quantitative estimate of drug-likeness (QED) is 0.732. The minimum atomic E-state index is 0.702. The van der Waals surface area contributed by atoms with Gasteiger partial charge < -0.3 is 10.1 Å². The highest BCUT2D eigenvalue weighted by molar-refractivity contribution is 4.76. The average Bonchev–Trinajstić information content (AvgIpc) is 2.25. The van der Waals surface area contributed by atoms with Crippen molar-refractivity contribution in [3.8, 4) is 0 Å². The zero-order valence-corrected chi connectivity index (χ0v) is 10.6. The van der Waals surface area contributed by atoms with Gasteiger partial charge in [-0.3, -0.25) is 0 Å². The lowest BCUT2D eigenvalue weighted by Gasteiger charge is -2.29. The van der Waals surface area contributed by atoms with Gasteiger partial charge in [0.2, 0.25) is 0 Å². The molecule has 1 rings (SSSR count). The monoisotopic (exact) mass is 213 g/mol. The number of nitrogens with one attached hydrogen (secondary N) is 1. The van der Waals surface area contributed by atoms with Crippen molar-refractivity contribution in [3.63, 3.8) is 0 Å². The van der Waals surface area contributed by atoms with E-state index in [4.69, 9.17) is 4.74 Å². The molecule has 0 radical (unpaired) electrons. The Bertz CT molecular complexity index is 153. The molecule has 1 atom stereocenters. The number of rotatable bonds is 6. The minimum Gasteiger partial charge on any atom is -0.381 e. The molecule has 2 heteroatoms. The Morgan fingerprint density at radius 1 is 1.27 bits per heavy atom. The molecule has 1 N–H and O–H groups in total. The van der Waals surface area contributed by atoms with Crippen LogP contribution in [0.3, 0.4) is 0 Å². The Balaban J connectivity index is 2.28. The molecule has 1 aliphatic rings. The topological polar surface area (TPSA) is 21.3 Å². The van der Waals surface area contributed by atoms with Crippen LogP contribution in [0.25, 0.3) is 0 Å². The predicted octanol–water partition coefficient (Wildman–Crippen LogP) is 2.83. The third-order valence-corrected chi connectivity index (χ3v) is 3.39. The molecule has 1 saturated heterocycles. The van der Waals surface area contributed by atoms with E-state index in [1.165, 1.54) is 25.7 Å². The van der Waals surface area contributed by atoms with Crippen LogP contribution in [-0.4, -0.2) is 25.8 Å². The van der Waals surface area contributed by atoms with E-state index in [0.29, 0.717) is 6.04 Å². The molecule has 1 fully saturated rings. The van der Waals surface area contributed by atoms with Crippen molar-refractivity contribution in [2.75, 3.05) is 19.8 Å². The van der Waals surface area contributed by atoms with Gasteiger partial charge in [0.25, 0.3) is 0 Å². The van der Waals surface area contributed by atoms with Gasteiger partial charge in [0.1, 0.15) is 0 Å². The van der Waals surface area contributed by atoms with E-state index < -0.39 is 0 Å². The molecule has 0 saturated carbocycles. The van der Waals surface area contributed by atoms with Crippen molar-refractivity contribution < 1.29 is 4.74 Å². The molecular formula is C13H27NO. The van der Waals surface area contributed by atoms with E-state index in [1.54, 1.807) is 0 Å². The molecule has 90 valence electrons. The van der Waals surface area contributed by atoms with Crippen LogP contribution in [0, 0.1) is 11.8 Å². The van der Waals surface area contributed by atoms with E-state index in [9.17, 15) is 0 Å². The van der Waals surface area contributed by atoms with Crippen LogP contribution in [0.15, 0.2) is 0 Å². The Hall–Kier alpha value is -0.0800. The summed E-state index contributed by atoms with van der Waals surface area (Å²) in [6.07, 6.45) is 5.09. The third-order valence-electron chi connectivity index (χ3n) is 3.39. The molecule has 0 aromatic heterocycles. The van der Waals surface area contributed by atoms with E-state index in [2.05, 4.69) is 26.1 Å². The van der Waals surface area contributed by atoms with Gasteiger partial charge >= 0.3 is 0 Å². The van der Waals surface area contributed by atoms with Crippen LogP contribution >= 0.6 is 0 Å². The first kappa shape index (κ1) is 13.0. The summed E-state index contributed by atoms with van der Waals surface area (Å²) in [5, 5.41) is 3.68. The average molecular weight is 213 g/mol. The number of ether oxygens (including phenoxy) is 1. The first-order valence-electron chi connectivity index (χ1n) is 6.55. The van der Waals surface area contributed by atoms with Crippen molar-refractivity contribution in [3.05, 3.63) is 0 Å². The maximum atomic E-state index is 5.40. The van der Waals surface area contributed by atoms with E-state index in [0.717, 1.165) is 31.6 Å². The van der Waals surface area contributed by atoms with Gasteiger partial charge in [-0.15, -0.1) is 0 Å². The Labute approximate surface area is 94.8 Å². The van der Waals surface area contributed by atoms with Gasteiger partial charge in [0, 0.05) is 19.3 Å². The van der Waals surface area contributed by atoms with Gasteiger partial charge in [-0.2, -0.15) is 0 Å². The molecule has 1 unspecified atom stereocenters. The molecule has 2 nitrogen and oxygen atoms in total. The van der Waals surface area contributed by atoms with Crippen LogP contribution in [0.4, 0.5) is 0 Å². The van der Waals surface area contributed by atoms with Crippen LogP contribution in [0.1, 0.15) is 46.5 Å². The van der Waals surface area contributed by atoms with E-state index in [-0.39, 0.29) is 0 Å². The maximum Gasteiger partial charge on any atom is 0.0468 e. The summed E-state index contributed by atoms with van der Waals surface area (Å²) in [6, 6.07) is 0.702. The largest absolute Gasteiger partial charge is 0.381 e. The molecule has 15 heavy (non-hydrogen) atoms. The number of hydrogen-bond acceptors (Lipinski definition) is 2. The van der Waals surface area contributed by atoms with Gasteiger partial charge in [-0.25, -0.2) is 0 Å². The van der Waals surface area contributed by atoms with E-state index >= 15 is 0 Å². The van der Waals surface area contributed by atoms with Crippen molar-refractivity contribution in [2.24, 2.45) is 11.8 Å². The zero-order valence-electron chi connectivity index (χ0n) is 10.6. The van der Waals surface area contributed by atoms with Gasteiger partial charge in [0.05, 0.1) is 0 Å². The highest BCUT2D eigenvalue weighted by Gasteiger charge is 2.20. The fraction of sp³-hybridized carbons (Fsp3) is 1.00. The summed E-state index contributed by atoms with van der Waals surface area (Å²) < 4.78 is 5.40. The standard InChI is InChI=1S/C13H27NO/c1-4-7-14-13(11(2)3)10-12-5-8-15-9-6-12/h11-14H,4-10H2,1-3H3. The molecule has 1 heterocycles. The Morgan fingerprint density at radius 2 is 1.93 bits per heavy atom. The second-order valence-electron chi connectivity index (χ2n) is 5.10. The van der Waals surface area contributed by atoms with Crippen LogP contribution in [0.2, 0.25) is 0 Å². The van der Waals surface area contributed by atoms with Crippen molar-refractivity contribution in [2.45, 2.75) is 52.5 Å². The maximum absolute atomic E-state index is 5.40. The lowest BCUT2D eigenvalue weighted by molar-refractivity contribution is 0.0586. The van der Waals surface area contributed by atoms with Crippen molar-refractivity contribution in [1.29, 1.82) is 0 Å². The van der Waals surface area contributed by atoms with E-state index in [1.807, 2.05) is 0 Å². The first-order valence-corrected chi connectivity index (χ1v) is 6.55. The summed E-state index contributed by atoms with van der Waals surface area (Å²) in [6.45, 7) is 10.00. The molecule has 0 bridgehead atoms. The van der Waals surface area contributed by atoms with Gasteiger partial charge in [-0.1, -0.05) is 20.8 Å². The predicted molar refractivity (Wildman–Crippen MR) is 65.1 cm³/mol. The van der Waals surface area contributed by atoms with Crippen LogP contribution < -0.4 is 5.32 Å². The van der Waals surface area contributed by atoms with Gasteiger partial charge in [-0.05, 0) is 44.1 Å². The normalized spacial score (nSPS) is 20.8. The van der Waals surface area contributed by atoms with Crippen LogP contribution in [-0.2, 0) is 4.74 Å². The molecular weight excluding hydrogens is 186 g/mol. The summed E-state index contributed by atoms with van der Waals surface area (Å²) in [5.41, 5.74) is 0. The van der Waals surface area contributed by atoms with Crippen LogP contribution in [0.5, 0.6) is 0 Å². The smallest absolute Gasteiger partial charge is 0.0468 e. The summed E-state index contributed by atoms with van der Waals surface area (Å²) in [4.78, 5) is 0. The minimum absolute atomic E-state index is 0.702. The molecule has 0 aromatic carbocycles. The summed E-state index contributed by atoms with van der Waals surface area (Å²) >= 11 is 0. The lowest BCUT2D eigenvalue weighted by Crippen LogP contribution is -2.37. The lowest BCUT2D eigenvalue weighted by atomic mass is 9.88. The highest BCUT2D eigenvalue weighted by atomic mass is 16.5. The first-order chi connectivity index (χ1) is 7.24. The summed E-state index contributed by atoms with van der Waals surface area (Å²) in [7, 11) is 0. The van der Waals surface area contributed by atoms with Crippen molar-refractivity contribution in [1.82, 2.24) is 5.32 Å². The third kappa shape index (κ3) is 4.98. The molecule has 0 aromatic rings. The molecule has 0 amide bonds. The van der Waals surface area contributed by atoms with Gasteiger partial charge in [0.15, 0.2) is 0 Å². The molecule has 0 aliphatic carbocycles. The van der Waals surface area contributed by atoms with Crippen molar-refractivity contribution >= 4 is 0 Å². The summed E-state index contributed by atoms with van der Waals surface area (Å²) in [5.74, 6) is 1.63. The fourth-order valence-corrected chi connectivity index (χ4v) is 2.26. The second-order valence-corrected chi connectivity index (χ2v) is 5.10. The Morgan fingerprint density at radius 3 is 2.47 bits per heavy atom. The zero-order chi connectivity index (χ0) is 11.1. The second kappa shape index (κ2) is 7.24. The molecule has 0 spiro atoms. The number of hydrogen-bond donors (Lipinski definition) is 1. The molecule has 1 aliphatic heterocycles. The SMILES string of the molecule is CCCNC(CC1CCOCC1)C(C)C. The highest BCUT2D eigenvalue weighted by Crippen LogP contribution is 2.22. The fourth-order valence-electron chi connectivity index (χ4n) is 2.26. The Kier molecular flexibility index (Phi) is 6.26.